The van der Waals surface area contributed by atoms with Crippen molar-refractivity contribution in [1.82, 2.24) is 15.6 Å². The number of aromatic nitrogens is 1. The highest BCUT2D eigenvalue weighted by molar-refractivity contribution is 5.74. The Bertz CT molecular complexity index is 598. The molecule has 0 radical (unpaired) electrons. The summed E-state index contributed by atoms with van der Waals surface area (Å²) in [5, 5.41) is 14.3. The molecule has 0 saturated heterocycles. The Kier molecular flexibility index (Phi) is 5.55. The van der Waals surface area contributed by atoms with Crippen molar-refractivity contribution in [3.05, 3.63) is 42.4 Å². The fraction of sp³-hybridized carbons (Fsp3) is 0.375. The number of aliphatic hydroxyl groups excluding tert-OH is 1. The summed E-state index contributed by atoms with van der Waals surface area (Å²) in [7, 11) is 0. The number of oxazole rings is 1. The topological polar surface area (TPSA) is 87.4 Å². The van der Waals surface area contributed by atoms with E-state index in [0.717, 1.165) is 5.56 Å². The minimum Gasteiger partial charge on any atom is -0.438 e. The quantitative estimate of drug-likeness (QED) is 0.765. The van der Waals surface area contributed by atoms with Crippen LogP contribution in [0.3, 0.4) is 0 Å². The zero-order valence-corrected chi connectivity index (χ0v) is 12.7. The van der Waals surface area contributed by atoms with Crippen LogP contribution in [0, 0.1) is 0 Å². The van der Waals surface area contributed by atoms with E-state index in [1.54, 1.807) is 13.1 Å². The monoisotopic (exact) mass is 303 g/mol. The maximum absolute atomic E-state index is 11.8. The maximum Gasteiger partial charge on any atom is 0.315 e. The van der Waals surface area contributed by atoms with E-state index in [0.29, 0.717) is 18.1 Å². The fourth-order valence-electron chi connectivity index (χ4n) is 2.01. The van der Waals surface area contributed by atoms with Crippen LogP contribution in [0.15, 0.2) is 40.9 Å². The molecule has 0 aliphatic rings. The SMILES string of the molecule is CC(NC(=O)N[C@H](C)CCO)c1ncc(-c2ccccc2)o1. The van der Waals surface area contributed by atoms with Crippen molar-refractivity contribution in [2.75, 3.05) is 6.61 Å². The van der Waals surface area contributed by atoms with Crippen molar-refractivity contribution in [2.24, 2.45) is 0 Å². The van der Waals surface area contributed by atoms with Gasteiger partial charge in [0.1, 0.15) is 6.04 Å². The van der Waals surface area contributed by atoms with Crippen molar-refractivity contribution in [1.29, 1.82) is 0 Å². The molecule has 0 fully saturated rings. The molecule has 2 aromatic rings. The number of hydrogen-bond donors (Lipinski definition) is 3. The van der Waals surface area contributed by atoms with Crippen LogP contribution >= 0.6 is 0 Å². The first-order valence-corrected chi connectivity index (χ1v) is 7.29. The molecule has 1 unspecified atom stereocenters. The summed E-state index contributed by atoms with van der Waals surface area (Å²) in [4.78, 5) is 16.0. The summed E-state index contributed by atoms with van der Waals surface area (Å²) >= 11 is 0. The van der Waals surface area contributed by atoms with Gasteiger partial charge in [0.2, 0.25) is 5.89 Å². The molecular weight excluding hydrogens is 282 g/mol. The predicted octanol–water partition coefficient (Wildman–Crippen LogP) is 2.47. The van der Waals surface area contributed by atoms with Gasteiger partial charge in [0, 0.05) is 18.2 Å². The zero-order chi connectivity index (χ0) is 15.9. The van der Waals surface area contributed by atoms with E-state index in [-0.39, 0.29) is 24.7 Å². The molecular formula is C16H21N3O3. The van der Waals surface area contributed by atoms with E-state index in [1.165, 1.54) is 0 Å². The van der Waals surface area contributed by atoms with Crippen molar-refractivity contribution in [3.63, 3.8) is 0 Å². The third-order valence-corrected chi connectivity index (χ3v) is 3.24. The molecule has 2 rings (SSSR count). The molecule has 22 heavy (non-hydrogen) atoms. The summed E-state index contributed by atoms with van der Waals surface area (Å²) in [6.45, 7) is 3.67. The predicted molar refractivity (Wildman–Crippen MR) is 83.2 cm³/mol. The standard InChI is InChI=1S/C16H21N3O3/c1-11(8-9-20)18-16(21)19-12(2)15-17-10-14(22-15)13-6-4-3-5-7-13/h3-7,10-12,20H,8-9H2,1-2H3,(H2,18,19,21)/t11-,12?/m1/s1. The van der Waals surface area contributed by atoms with Crippen molar-refractivity contribution in [3.8, 4) is 11.3 Å². The largest absolute Gasteiger partial charge is 0.438 e. The molecule has 1 aromatic carbocycles. The molecule has 6 heteroatoms. The first-order valence-electron chi connectivity index (χ1n) is 7.29. The minimum absolute atomic E-state index is 0.0389. The lowest BCUT2D eigenvalue weighted by Crippen LogP contribution is -2.42. The van der Waals surface area contributed by atoms with Gasteiger partial charge in [-0.3, -0.25) is 0 Å². The van der Waals surface area contributed by atoms with Crippen LogP contribution < -0.4 is 10.6 Å². The molecule has 0 bridgehead atoms. The summed E-state index contributed by atoms with van der Waals surface area (Å²) in [5.41, 5.74) is 0.939. The lowest BCUT2D eigenvalue weighted by molar-refractivity contribution is 0.226. The van der Waals surface area contributed by atoms with Crippen molar-refractivity contribution in [2.45, 2.75) is 32.4 Å². The molecule has 1 heterocycles. The second-order valence-corrected chi connectivity index (χ2v) is 5.18. The van der Waals surface area contributed by atoms with E-state index < -0.39 is 0 Å². The van der Waals surface area contributed by atoms with Crippen LogP contribution in [0.2, 0.25) is 0 Å². The van der Waals surface area contributed by atoms with Crippen molar-refractivity contribution >= 4 is 6.03 Å². The Hall–Kier alpha value is -2.34. The number of benzene rings is 1. The van der Waals surface area contributed by atoms with Gasteiger partial charge in [-0.05, 0) is 20.3 Å². The highest BCUT2D eigenvalue weighted by atomic mass is 16.4. The van der Waals surface area contributed by atoms with Gasteiger partial charge in [0.15, 0.2) is 5.76 Å². The molecule has 0 spiro atoms. The number of hydrogen-bond acceptors (Lipinski definition) is 4. The number of nitrogens with zero attached hydrogens (tertiary/aromatic N) is 1. The zero-order valence-electron chi connectivity index (χ0n) is 12.7. The summed E-state index contributed by atoms with van der Waals surface area (Å²) in [6, 6.07) is 8.90. The van der Waals surface area contributed by atoms with E-state index in [9.17, 15) is 4.79 Å². The van der Waals surface area contributed by atoms with E-state index in [4.69, 9.17) is 9.52 Å². The Morgan fingerprint density at radius 2 is 2.00 bits per heavy atom. The Balaban J connectivity index is 1.94. The number of carbonyl (C=O) groups is 1. The van der Waals surface area contributed by atoms with Crippen molar-refractivity contribution < 1.29 is 14.3 Å². The van der Waals surface area contributed by atoms with E-state index in [1.807, 2.05) is 37.3 Å². The van der Waals surface area contributed by atoms with Gasteiger partial charge in [-0.25, -0.2) is 9.78 Å². The van der Waals surface area contributed by atoms with E-state index >= 15 is 0 Å². The summed E-state index contributed by atoms with van der Waals surface area (Å²) in [6.07, 6.45) is 2.16. The fourth-order valence-corrected chi connectivity index (χ4v) is 2.01. The van der Waals surface area contributed by atoms with Gasteiger partial charge >= 0.3 is 6.03 Å². The number of nitrogens with one attached hydrogen (secondary N) is 2. The average molecular weight is 303 g/mol. The van der Waals surface area contributed by atoms with Gasteiger partial charge in [-0.1, -0.05) is 30.3 Å². The molecule has 2 amide bonds. The van der Waals surface area contributed by atoms with Gasteiger partial charge in [0.25, 0.3) is 0 Å². The van der Waals surface area contributed by atoms with Crippen LogP contribution in [-0.2, 0) is 0 Å². The lowest BCUT2D eigenvalue weighted by Gasteiger charge is -2.15. The Labute approximate surface area is 129 Å². The number of rotatable bonds is 6. The van der Waals surface area contributed by atoms with Gasteiger partial charge in [-0.15, -0.1) is 0 Å². The molecule has 0 saturated carbocycles. The molecule has 0 aliphatic carbocycles. The van der Waals surface area contributed by atoms with Crippen LogP contribution in [-0.4, -0.2) is 28.8 Å². The van der Waals surface area contributed by atoms with Crippen LogP contribution in [0.5, 0.6) is 0 Å². The molecule has 1 aromatic heterocycles. The van der Waals surface area contributed by atoms with Crippen LogP contribution in [0.4, 0.5) is 4.79 Å². The smallest absolute Gasteiger partial charge is 0.315 e. The number of carbonyl (C=O) groups excluding carboxylic acids is 1. The Morgan fingerprint density at radius 3 is 2.68 bits per heavy atom. The molecule has 6 nitrogen and oxygen atoms in total. The third-order valence-electron chi connectivity index (χ3n) is 3.24. The molecule has 2 atom stereocenters. The first kappa shape index (κ1) is 16.0. The van der Waals surface area contributed by atoms with Crippen LogP contribution in [0.1, 0.15) is 32.2 Å². The maximum atomic E-state index is 11.8. The summed E-state index contributed by atoms with van der Waals surface area (Å²) < 4.78 is 5.69. The molecule has 3 N–H and O–H groups in total. The number of amides is 2. The van der Waals surface area contributed by atoms with E-state index in [2.05, 4.69) is 15.6 Å². The van der Waals surface area contributed by atoms with Crippen LogP contribution in [0.25, 0.3) is 11.3 Å². The highest BCUT2D eigenvalue weighted by Crippen LogP contribution is 2.22. The van der Waals surface area contributed by atoms with Gasteiger partial charge < -0.3 is 20.2 Å². The minimum atomic E-state index is -0.348. The lowest BCUT2D eigenvalue weighted by atomic mass is 10.2. The second-order valence-electron chi connectivity index (χ2n) is 5.18. The molecule has 118 valence electrons. The van der Waals surface area contributed by atoms with Gasteiger partial charge in [0.05, 0.1) is 6.20 Å². The third kappa shape index (κ3) is 4.33. The number of urea groups is 1. The Morgan fingerprint density at radius 1 is 1.27 bits per heavy atom. The van der Waals surface area contributed by atoms with Gasteiger partial charge in [-0.2, -0.15) is 0 Å². The summed E-state index contributed by atoms with van der Waals surface area (Å²) in [5.74, 6) is 1.11. The average Bonchev–Trinajstić information content (AvgIpc) is 2.98. The normalized spacial score (nSPS) is 13.4. The second kappa shape index (κ2) is 7.61. The number of aliphatic hydroxyl groups is 1. The highest BCUT2D eigenvalue weighted by Gasteiger charge is 2.16. The molecule has 0 aliphatic heterocycles. The first-order chi connectivity index (χ1) is 10.6.